The molecule has 0 aliphatic rings. The largest absolute Gasteiger partial charge is 0.325 e. The van der Waals surface area contributed by atoms with Gasteiger partial charge in [0.15, 0.2) is 21.5 Å². The minimum atomic E-state index is -3.85. The molecule has 0 heterocycles. The van der Waals surface area contributed by atoms with Crippen LogP contribution in [0.15, 0.2) is 47.4 Å². The van der Waals surface area contributed by atoms with Crippen LogP contribution < -0.4 is 5.32 Å². The van der Waals surface area contributed by atoms with Crippen molar-refractivity contribution >= 4 is 33.0 Å². The maximum atomic E-state index is 13.0. The first kappa shape index (κ1) is 16.4. The number of halogens is 3. The van der Waals surface area contributed by atoms with Crippen LogP contribution in [0.4, 0.5) is 14.5 Å². The molecule has 4 nitrogen and oxygen atoms in total. The van der Waals surface area contributed by atoms with E-state index in [1.165, 1.54) is 24.3 Å². The predicted molar refractivity (Wildman–Crippen MR) is 78.5 cm³/mol. The van der Waals surface area contributed by atoms with Crippen molar-refractivity contribution in [1.29, 1.82) is 0 Å². The fourth-order valence-electron chi connectivity index (χ4n) is 1.67. The Hall–Kier alpha value is -1.99. The summed E-state index contributed by atoms with van der Waals surface area (Å²) >= 11 is 5.66. The molecule has 0 fully saturated rings. The molecule has 0 saturated heterocycles. The zero-order chi connectivity index (χ0) is 16.3. The summed E-state index contributed by atoms with van der Waals surface area (Å²) in [7, 11) is -3.85. The Balaban J connectivity index is 2.10. The van der Waals surface area contributed by atoms with Gasteiger partial charge in [-0.3, -0.25) is 4.79 Å². The van der Waals surface area contributed by atoms with E-state index in [1.807, 2.05) is 0 Å². The van der Waals surface area contributed by atoms with Crippen LogP contribution in [0.1, 0.15) is 0 Å². The van der Waals surface area contributed by atoms with E-state index in [0.29, 0.717) is 5.02 Å². The van der Waals surface area contributed by atoms with Gasteiger partial charge in [0.2, 0.25) is 5.91 Å². The van der Waals surface area contributed by atoms with E-state index in [9.17, 15) is 22.0 Å². The molecule has 0 atom stereocenters. The molecule has 0 unspecified atom stereocenters. The van der Waals surface area contributed by atoms with Crippen LogP contribution in [0, 0.1) is 11.6 Å². The second kappa shape index (κ2) is 6.41. The highest BCUT2D eigenvalue weighted by molar-refractivity contribution is 7.92. The third-order valence-electron chi connectivity index (χ3n) is 2.70. The number of rotatable bonds is 4. The van der Waals surface area contributed by atoms with Crippen molar-refractivity contribution in [2.75, 3.05) is 11.1 Å². The lowest BCUT2D eigenvalue weighted by Gasteiger charge is -2.07. The van der Waals surface area contributed by atoms with Gasteiger partial charge in [0.25, 0.3) is 0 Å². The van der Waals surface area contributed by atoms with Crippen molar-refractivity contribution in [3.05, 3.63) is 59.1 Å². The molecule has 0 aliphatic heterocycles. The Morgan fingerprint density at radius 2 is 1.68 bits per heavy atom. The van der Waals surface area contributed by atoms with Gasteiger partial charge in [-0.2, -0.15) is 0 Å². The average Bonchev–Trinajstić information content (AvgIpc) is 2.42. The number of carbonyl (C=O) groups excluding carboxylic acids is 1. The SMILES string of the molecule is O=C(CS(=O)(=O)c1ccc(Cl)cc1)Nc1ccc(F)c(F)c1. The highest BCUT2D eigenvalue weighted by Crippen LogP contribution is 2.17. The Bertz CT molecular complexity index is 807. The Labute approximate surface area is 130 Å². The minimum Gasteiger partial charge on any atom is -0.325 e. The molecule has 0 saturated carbocycles. The van der Waals surface area contributed by atoms with Gasteiger partial charge in [-0.25, -0.2) is 17.2 Å². The summed E-state index contributed by atoms with van der Waals surface area (Å²) < 4.78 is 49.8. The third kappa shape index (κ3) is 4.02. The molecule has 0 aliphatic carbocycles. The van der Waals surface area contributed by atoms with Crippen molar-refractivity contribution in [2.45, 2.75) is 4.90 Å². The minimum absolute atomic E-state index is 0.0322. The van der Waals surface area contributed by atoms with Gasteiger partial charge in [-0.1, -0.05) is 11.6 Å². The lowest BCUT2D eigenvalue weighted by atomic mass is 10.3. The second-order valence-electron chi connectivity index (χ2n) is 4.39. The lowest BCUT2D eigenvalue weighted by molar-refractivity contribution is -0.113. The summed E-state index contributed by atoms with van der Waals surface area (Å²) in [6, 6.07) is 8.07. The molecule has 1 N–H and O–H groups in total. The molecular weight excluding hydrogens is 336 g/mol. The summed E-state index contributed by atoms with van der Waals surface area (Å²) in [5.41, 5.74) is -0.0322. The summed E-state index contributed by atoms with van der Waals surface area (Å²) in [5, 5.41) is 2.56. The zero-order valence-corrected chi connectivity index (χ0v) is 12.6. The maximum Gasteiger partial charge on any atom is 0.239 e. The number of sulfone groups is 1. The highest BCUT2D eigenvalue weighted by atomic mass is 35.5. The van der Waals surface area contributed by atoms with Crippen molar-refractivity contribution in [1.82, 2.24) is 0 Å². The van der Waals surface area contributed by atoms with E-state index in [0.717, 1.165) is 18.2 Å². The van der Waals surface area contributed by atoms with Crippen molar-refractivity contribution in [3.63, 3.8) is 0 Å². The number of benzene rings is 2. The molecule has 2 aromatic carbocycles. The van der Waals surface area contributed by atoms with Crippen LogP contribution in [0.2, 0.25) is 5.02 Å². The molecule has 8 heteroatoms. The Kier molecular flexibility index (Phi) is 4.77. The smallest absolute Gasteiger partial charge is 0.239 e. The Morgan fingerprint density at radius 3 is 2.27 bits per heavy atom. The summed E-state index contributed by atoms with van der Waals surface area (Å²) in [5.74, 6) is -3.89. The highest BCUT2D eigenvalue weighted by Gasteiger charge is 2.19. The van der Waals surface area contributed by atoms with Crippen molar-refractivity contribution < 1.29 is 22.0 Å². The number of carbonyl (C=O) groups is 1. The fourth-order valence-corrected chi connectivity index (χ4v) is 2.93. The van der Waals surface area contributed by atoms with E-state index in [-0.39, 0.29) is 10.6 Å². The molecular formula is C14H10ClF2NO3S. The van der Waals surface area contributed by atoms with Crippen LogP contribution >= 0.6 is 11.6 Å². The molecule has 0 spiro atoms. The normalized spacial score (nSPS) is 11.2. The first-order valence-corrected chi connectivity index (χ1v) is 8.04. The van der Waals surface area contributed by atoms with E-state index in [4.69, 9.17) is 11.6 Å². The number of hydrogen-bond acceptors (Lipinski definition) is 3. The summed E-state index contributed by atoms with van der Waals surface area (Å²) in [4.78, 5) is 11.7. The third-order valence-corrected chi connectivity index (χ3v) is 4.58. The molecule has 1 amide bonds. The van der Waals surface area contributed by atoms with E-state index < -0.39 is 33.1 Å². The number of hydrogen-bond donors (Lipinski definition) is 1. The van der Waals surface area contributed by atoms with Crippen LogP contribution in [0.5, 0.6) is 0 Å². The van der Waals surface area contributed by atoms with Crippen molar-refractivity contribution in [2.24, 2.45) is 0 Å². The van der Waals surface area contributed by atoms with Gasteiger partial charge in [-0.15, -0.1) is 0 Å². The molecule has 2 aromatic rings. The van der Waals surface area contributed by atoms with Gasteiger partial charge >= 0.3 is 0 Å². The molecule has 22 heavy (non-hydrogen) atoms. The van der Waals surface area contributed by atoms with Gasteiger partial charge in [0.05, 0.1) is 4.90 Å². The first-order chi connectivity index (χ1) is 10.3. The number of anilines is 1. The Morgan fingerprint density at radius 1 is 1.05 bits per heavy atom. The maximum absolute atomic E-state index is 13.0. The van der Waals surface area contributed by atoms with E-state index >= 15 is 0 Å². The predicted octanol–water partition coefficient (Wildman–Crippen LogP) is 3.03. The standard InChI is InChI=1S/C14H10ClF2NO3S/c15-9-1-4-11(5-2-9)22(20,21)8-14(19)18-10-3-6-12(16)13(17)7-10/h1-7H,8H2,(H,18,19). The number of amides is 1. The van der Waals surface area contributed by atoms with E-state index in [2.05, 4.69) is 5.32 Å². The van der Waals surface area contributed by atoms with Crippen LogP contribution in [0.25, 0.3) is 0 Å². The van der Waals surface area contributed by atoms with Crippen LogP contribution in [-0.2, 0) is 14.6 Å². The summed E-state index contributed by atoms with van der Waals surface area (Å²) in [6.07, 6.45) is 0. The molecule has 116 valence electrons. The van der Waals surface area contributed by atoms with Gasteiger partial charge in [0, 0.05) is 16.8 Å². The van der Waals surface area contributed by atoms with Crippen LogP contribution in [-0.4, -0.2) is 20.1 Å². The topological polar surface area (TPSA) is 63.2 Å². The molecule has 0 bridgehead atoms. The number of nitrogens with one attached hydrogen (secondary N) is 1. The van der Waals surface area contributed by atoms with Gasteiger partial charge in [-0.05, 0) is 36.4 Å². The summed E-state index contributed by atoms with van der Waals surface area (Å²) in [6.45, 7) is 0. The van der Waals surface area contributed by atoms with Gasteiger partial charge < -0.3 is 5.32 Å². The quantitative estimate of drug-likeness (QED) is 0.926. The molecule has 2 rings (SSSR count). The fraction of sp³-hybridized carbons (Fsp3) is 0.0714. The average molecular weight is 346 g/mol. The monoisotopic (exact) mass is 345 g/mol. The lowest BCUT2D eigenvalue weighted by Crippen LogP contribution is -2.23. The zero-order valence-electron chi connectivity index (χ0n) is 11.0. The van der Waals surface area contributed by atoms with Gasteiger partial charge in [0.1, 0.15) is 5.75 Å². The first-order valence-electron chi connectivity index (χ1n) is 6.01. The molecule has 0 radical (unpaired) electrons. The second-order valence-corrected chi connectivity index (χ2v) is 6.82. The van der Waals surface area contributed by atoms with Crippen molar-refractivity contribution in [3.8, 4) is 0 Å². The van der Waals surface area contributed by atoms with Crippen LogP contribution in [0.3, 0.4) is 0 Å². The van der Waals surface area contributed by atoms with E-state index in [1.54, 1.807) is 0 Å². The molecule has 0 aromatic heterocycles.